The SMILES string of the molecule is COC(=O)C1CC12CCCN(c1ncnc3c(F)ccc(-c4ccc(Cl)c(Cl)c4)c13)C2. The Morgan fingerprint density at radius 1 is 1.23 bits per heavy atom. The lowest BCUT2D eigenvalue weighted by atomic mass is 9.91. The topological polar surface area (TPSA) is 55.3 Å². The third-order valence-corrected chi connectivity index (χ3v) is 7.27. The standard InChI is InChI=1S/C23H20Cl2FN3O2/c1-31-22(30)15-10-23(15)7-2-8-29(11-23)21-19-14(13-3-5-16(24)17(25)9-13)4-6-18(26)20(19)27-12-28-21/h3-6,9,12,15H,2,7-8,10-11H2,1H3. The fourth-order valence-corrected chi connectivity index (χ4v) is 5.18. The quantitative estimate of drug-likeness (QED) is 0.482. The Hall–Kier alpha value is -2.44. The molecule has 0 radical (unpaired) electrons. The number of esters is 1. The molecule has 160 valence electrons. The first-order chi connectivity index (χ1) is 14.9. The summed E-state index contributed by atoms with van der Waals surface area (Å²) >= 11 is 12.3. The van der Waals surface area contributed by atoms with Crippen LogP contribution in [0.2, 0.25) is 10.0 Å². The van der Waals surface area contributed by atoms with Gasteiger partial charge >= 0.3 is 5.97 Å². The van der Waals surface area contributed by atoms with E-state index in [0.29, 0.717) is 27.8 Å². The van der Waals surface area contributed by atoms with Crippen molar-refractivity contribution >= 4 is 45.9 Å². The van der Waals surface area contributed by atoms with Crippen LogP contribution in [0.1, 0.15) is 19.3 Å². The van der Waals surface area contributed by atoms with Crippen LogP contribution in [-0.2, 0) is 9.53 Å². The molecule has 1 saturated carbocycles. The number of carbonyl (C=O) groups is 1. The Bertz CT molecular complexity index is 1200. The normalized spacial score (nSPS) is 22.7. The van der Waals surface area contributed by atoms with Crippen LogP contribution in [0.25, 0.3) is 22.0 Å². The van der Waals surface area contributed by atoms with Gasteiger partial charge in [-0.25, -0.2) is 14.4 Å². The smallest absolute Gasteiger partial charge is 0.309 e. The van der Waals surface area contributed by atoms with E-state index in [0.717, 1.165) is 36.9 Å². The second-order valence-electron chi connectivity index (χ2n) is 8.31. The number of nitrogens with zero attached hydrogens (tertiary/aromatic N) is 3. The largest absolute Gasteiger partial charge is 0.469 e. The number of halogens is 3. The molecule has 5 nitrogen and oxygen atoms in total. The van der Waals surface area contributed by atoms with E-state index in [9.17, 15) is 9.18 Å². The lowest BCUT2D eigenvalue weighted by Gasteiger charge is -2.35. The Kier molecular flexibility index (Phi) is 5.02. The number of anilines is 1. The number of rotatable bonds is 3. The molecule has 0 N–H and O–H groups in total. The van der Waals surface area contributed by atoms with Crippen LogP contribution in [-0.4, -0.2) is 36.1 Å². The van der Waals surface area contributed by atoms with Crippen molar-refractivity contribution in [3.8, 4) is 11.1 Å². The monoisotopic (exact) mass is 459 g/mol. The molecule has 1 saturated heterocycles. The van der Waals surface area contributed by atoms with Gasteiger partial charge in [0.25, 0.3) is 0 Å². The van der Waals surface area contributed by atoms with E-state index >= 15 is 0 Å². The Morgan fingerprint density at radius 2 is 2.06 bits per heavy atom. The molecule has 2 aromatic carbocycles. The molecule has 5 rings (SSSR count). The van der Waals surface area contributed by atoms with Crippen LogP contribution in [0.3, 0.4) is 0 Å². The van der Waals surface area contributed by atoms with Crippen LogP contribution in [0.4, 0.5) is 10.2 Å². The molecular weight excluding hydrogens is 440 g/mol. The molecular formula is C23H20Cl2FN3O2. The van der Waals surface area contributed by atoms with E-state index < -0.39 is 5.82 Å². The number of aromatic nitrogens is 2. The summed E-state index contributed by atoms with van der Waals surface area (Å²) in [6.45, 7) is 1.45. The van der Waals surface area contributed by atoms with Gasteiger partial charge in [-0.15, -0.1) is 0 Å². The van der Waals surface area contributed by atoms with E-state index in [1.807, 2.05) is 6.07 Å². The summed E-state index contributed by atoms with van der Waals surface area (Å²) < 4.78 is 19.7. The minimum Gasteiger partial charge on any atom is -0.469 e. The van der Waals surface area contributed by atoms with Gasteiger partial charge in [0.1, 0.15) is 23.5 Å². The van der Waals surface area contributed by atoms with Crippen molar-refractivity contribution < 1.29 is 13.9 Å². The maximum atomic E-state index is 14.7. The first-order valence-electron chi connectivity index (χ1n) is 10.1. The highest BCUT2D eigenvalue weighted by molar-refractivity contribution is 6.42. The predicted octanol–water partition coefficient (Wildman–Crippen LogP) is 5.52. The number of fused-ring (bicyclic) bond motifs is 1. The van der Waals surface area contributed by atoms with Crippen LogP contribution >= 0.6 is 23.2 Å². The van der Waals surface area contributed by atoms with Gasteiger partial charge in [-0.05, 0) is 48.6 Å². The van der Waals surface area contributed by atoms with Gasteiger partial charge in [0.15, 0.2) is 0 Å². The molecule has 0 bridgehead atoms. The zero-order valence-electron chi connectivity index (χ0n) is 16.9. The van der Waals surface area contributed by atoms with Crippen LogP contribution in [0.5, 0.6) is 0 Å². The second kappa shape index (κ2) is 7.61. The van der Waals surface area contributed by atoms with Crippen molar-refractivity contribution in [2.45, 2.75) is 19.3 Å². The highest BCUT2D eigenvalue weighted by Gasteiger charge is 2.60. The summed E-state index contributed by atoms with van der Waals surface area (Å²) in [4.78, 5) is 23.0. The summed E-state index contributed by atoms with van der Waals surface area (Å²) in [6.07, 6.45) is 4.11. The lowest BCUT2D eigenvalue weighted by Crippen LogP contribution is -2.39. The van der Waals surface area contributed by atoms with Crippen molar-refractivity contribution in [2.24, 2.45) is 11.3 Å². The number of carbonyl (C=O) groups excluding carboxylic acids is 1. The number of ether oxygens (including phenoxy) is 1. The zero-order chi connectivity index (χ0) is 21.8. The molecule has 2 aliphatic rings. The van der Waals surface area contributed by atoms with E-state index in [1.165, 1.54) is 19.5 Å². The molecule has 2 heterocycles. The van der Waals surface area contributed by atoms with Gasteiger partial charge in [0.05, 0.1) is 28.5 Å². The average Bonchev–Trinajstić information content (AvgIpc) is 3.47. The Morgan fingerprint density at radius 3 is 2.84 bits per heavy atom. The molecule has 1 spiro atoms. The van der Waals surface area contributed by atoms with Gasteiger partial charge in [-0.3, -0.25) is 4.79 Å². The third-order valence-electron chi connectivity index (χ3n) is 6.53. The highest BCUT2D eigenvalue weighted by atomic mass is 35.5. The van der Waals surface area contributed by atoms with Crippen LogP contribution < -0.4 is 4.90 Å². The third kappa shape index (κ3) is 3.42. The van der Waals surface area contributed by atoms with E-state index in [4.69, 9.17) is 27.9 Å². The second-order valence-corrected chi connectivity index (χ2v) is 9.13. The first-order valence-corrected chi connectivity index (χ1v) is 10.9. The van der Waals surface area contributed by atoms with Crippen molar-refractivity contribution in [3.05, 3.63) is 52.5 Å². The van der Waals surface area contributed by atoms with Crippen molar-refractivity contribution in [3.63, 3.8) is 0 Å². The molecule has 1 aliphatic carbocycles. The van der Waals surface area contributed by atoms with E-state index in [2.05, 4.69) is 14.9 Å². The number of hydrogen-bond donors (Lipinski definition) is 0. The number of methoxy groups -OCH3 is 1. The number of hydrogen-bond acceptors (Lipinski definition) is 5. The summed E-state index contributed by atoms with van der Waals surface area (Å²) in [6, 6.07) is 8.46. The van der Waals surface area contributed by atoms with Crippen molar-refractivity contribution in [1.82, 2.24) is 9.97 Å². The van der Waals surface area contributed by atoms with Gasteiger partial charge in [0.2, 0.25) is 0 Å². The van der Waals surface area contributed by atoms with E-state index in [-0.39, 0.29) is 22.8 Å². The fourth-order valence-electron chi connectivity index (χ4n) is 4.88. The molecule has 2 fully saturated rings. The maximum absolute atomic E-state index is 14.7. The average molecular weight is 460 g/mol. The van der Waals surface area contributed by atoms with Crippen LogP contribution in [0, 0.1) is 17.2 Å². The molecule has 8 heteroatoms. The number of piperidine rings is 1. The summed E-state index contributed by atoms with van der Waals surface area (Å²) in [5.41, 5.74) is 1.75. The highest BCUT2D eigenvalue weighted by Crippen LogP contribution is 2.59. The number of benzene rings is 2. The van der Waals surface area contributed by atoms with E-state index in [1.54, 1.807) is 18.2 Å². The summed E-state index contributed by atoms with van der Waals surface area (Å²) in [7, 11) is 1.43. The van der Waals surface area contributed by atoms with Gasteiger partial charge in [-0.1, -0.05) is 35.3 Å². The first kappa shape index (κ1) is 20.5. The van der Waals surface area contributed by atoms with Gasteiger partial charge in [0, 0.05) is 18.5 Å². The Labute approximate surface area is 189 Å². The maximum Gasteiger partial charge on any atom is 0.309 e. The van der Waals surface area contributed by atoms with Gasteiger partial charge in [-0.2, -0.15) is 0 Å². The summed E-state index contributed by atoms with van der Waals surface area (Å²) in [5, 5.41) is 1.51. The molecule has 0 amide bonds. The predicted molar refractivity (Wildman–Crippen MR) is 119 cm³/mol. The summed E-state index contributed by atoms with van der Waals surface area (Å²) in [5.74, 6) is 0.0184. The Balaban J connectivity index is 1.62. The molecule has 2 unspecified atom stereocenters. The minimum atomic E-state index is -0.409. The zero-order valence-corrected chi connectivity index (χ0v) is 18.4. The fraction of sp³-hybridized carbons (Fsp3) is 0.348. The van der Waals surface area contributed by atoms with Crippen molar-refractivity contribution in [1.29, 1.82) is 0 Å². The molecule has 1 aliphatic heterocycles. The lowest BCUT2D eigenvalue weighted by molar-refractivity contribution is -0.143. The van der Waals surface area contributed by atoms with Crippen molar-refractivity contribution in [2.75, 3.05) is 25.1 Å². The molecule has 31 heavy (non-hydrogen) atoms. The molecule has 2 atom stereocenters. The minimum absolute atomic E-state index is 0.0836. The van der Waals surface area contributed by atoms with Gasteiger partial charge < -0.3 is 9.64 Å². The molecule has 3 aromatic rings. The van der Waals surface area contributed by atoms with Crippen LogP contribution in [0.15, 0.2) is 36.7 Å². The molecule has 1 aromatic heterocycles.